The first-order valence-corrected chi connectivity index (χ1v) is 8.94. The number of amides is 1. The zero-order valence-electron chi connectivity index (χ0n) is 13.7. The molecule has 0 bridgehead atoms. The van der Waals surface area contributed by atoms with Crippen LogP contribution in [0, 0.1) is 11.7 Å². The average Bonchev–Trinajstić information content (AvgIpc) is 2.88. The van der Waals surface area contributed by atoms with Crippen molar-refractivity contribution in [2.45, 2.75) is 50.4 Å². The molecule has 0 spiro atoms. The van der Waals surface area contributed by atoms with E-state index in [1.54, 1.807) is 12.1 Å². The van der Waals surface area contributed by atoms with Gasteiger partial charge in [0.15, 0.2) is 0 Å². The molecular weight excluding hydrogens is 291 g/mol. The average molecular weight is 318 g/mol. The molecule has 0 radical (unpaired) electrons. The molecule has 3 nitrogen and oxygen atoms in total. The third-order valence-corrected chi connectivity index (χ3v) is 5.55. The fraction of sp³-hybridized carbons (Fsp3) is 0.632. The Labute approximate surface area is 138 Å². The van der Waals surface area contributed by atoms with E-state index in [4.69, 9.17) is 0 Å². The van der Waals surface area contributed by atoms with Crippen LogP contribution in [-0.2, 0) is 10.2 Å². The van der Waals surface area contributed by atoms with Crippen molar-refractivity contribution in [3.63, 3.8) is 0 Å². The van der Waals surface area contributed by atoms with Crippen molar-refractivity contribution in [2.75, 3.05) is 19.6 Å². The minimum atomic E-state index is -0.185. The molecule has 4 heteroatoms. The Balaban J connectivity index is 1.67. The van der Waals surface area contributed by atoms with Crippen LogP contribution in [0.4, 0.5) is 4.39 Å². The van der Waals surface area contributed by atoms with E-state index in [2.05, 4.69) is 10.6 Å². The van der Waals surface area contributed by atoms with Gasteiger partial charge in [-0.05, 0) is 62.9 Å². The highest BCUT2D eigenvalue weighted by Crippen LogP contribution is 2.40. The summed E-state index contributed by atoms with van der Waals surface area (Å²) in [5.74, 6) is 0.113. The summed E-state index contributed by atoms with van der Waals surface area (Å²) in [7, 11) is 0. The van der Waals surface area contributed by atoms with Gasteiger partial charge in [0.1, 0.15) is 5.82 Å². The normalized spacial score (nSPS) is 24.1. The summed E-state index contributed by atoms with van der Waals surface area (Å²) in [5.41, 5.74) is 0.957. The van der Waals surface area contributed by atoms with Crippen molar-refractivity contribution in [3.8, 4) is 0 Å². The van der Waals surface area contributed by atoms with Gasteiger partial charge in [-0.2, -0.15) is 0 Å². The minimum absolute atomic E-state index is 0.0826. The zero-order chi connectivity index (χ0) is 16.1. The SMILES string of the molecule is O=C(NCC1(c2cccc(F)c2)CCCC1)[C@@H]1CCCNCC1. The Bertz CT molecular complexity index is 532. The summed E-state index contributed by atoms with van der Waals surface area (Å²) in [6.45, 7) is 2.57. The number of carbonyl (C=O) groups is 1. The van der Waals surface area contributed by atoms with Gasteiger partial charge < -0.3 is 10.6 Å². The summed E-state index contributed by atoms with van der Waals surface area (Å²) in [4.78, 5) is 12.5. The number of hydrogen-bond acceptors (Lipinski definition) is 2. The van der Waals surface area contributed by atoms with Gasteiger partial charge in [0.2, 0.25) is 5.91 Å². The van der Waals surface area contributed by atoms with Crippen LogP contribution in [0.2, 0.25) is 0 Å². The molecule has 1 amide bonds. The first-order chi connectivity index (χ1) is 11.2. The highest BCUT2D eigenvalue weighted by atomic mass is 19.1. The Kier molecular flexibility index (Phi) is 5.31. The van der Waals surface area contributed by atoms with Crippen LogP contribution in [0.1, 0.15) is 50.5 Å². The van der Waals surface area contributed by atoms with Crippen LogP contribution in [0.15, 0.2) is 24.3 Å². The van der Waals surface area contributed by atoms with Gasteiger partial charge in [0.05, 0.1) is 0 Å². The highest BCUT2D eigenvalue weighted by Gasteiger charge is 2.36. The maximum atomic E-state index is 13.6. The molecule has 2 fully saturated rings. The lowest BCUT2D eigenvalue weighted by atomic mass is 9.78. The van der Waals surface area contributed by atoms with E-state index >= 15 is 0 Å². The fourth-order valence-corrected chi connectivity index (χ4v) is 4.12. The monoisotopic (exact) mass is 318 g/mol. The molecule has 1 atom stereocenters. The number of rotatable bonds is 4. The topological polar surface area (TPSA) is 41.1 Å². The molecule has 1 saturated carbocycles. The van der Waals surface area contributed by atoms with Gasteiger partial charge in [-0.15, -0.1) is 0 Å². The van der Waals surface area contributed by atoms with Crippen LogP contribution in [-0.4, -0.2) is 25.5 Å². The molecule has 1 aromatic rings. The van der Waals surface area contributed by atoms with E-state index in [9.17, 15) is 9.18 Å². The largest absolute Gasteiger partial charge is 0.355 e. The maximum Gasteiger partial charge on any atom is 0.223 e. The number of hydrogen-bond donors (Lipinski definition) is 2. The lowest BCUT2D eigenvalue weighted by molar-refractivity contribution is -0.125. The Hall–Kier alpha value is -1.42. The lowest BCUT2D eigenvalue weighted by Crippen LogP contribution is -2.41. The summed E-state index contributed by atoms with van der Waals surface area (Å²) in [6.07, 6.45) is 7.31. The minimum Gasteiger partial charge on any atom is -0.355 e. The molecule has 23 heavy (non-hydrogen) atoms. The van der Waals surface area contributed by atoms with Crippen LogP contribution < -0.4 is 10.6 Å². The Morgan fingerprint density at radius 2 is 2.04 bits per heavy atom. The number of halogens is 1. The van der Waals surface area contributed by atoms with Gasteiger partial charge in [0, 0.05) is 17.9 Å². The second kappa shape index (κ2) is 7.43. The molecule has 0 unspecified atom stereocenters. The van der Waals surface area contributed by atoms with Crippen molar-refractivity contribution >= 4 is 5.91 Å². The number of nitrogens with one attached hydrogen (secondary N) is 2. The first-order valence-electron chi connectivity index (χ1n) is 8.94. The van der Waals surface area contributed by atoms with E-state index < -0.39 is 0 Å². The summed E-state index contributed by atoms with van der Waals surface area (Å²) < 4.78 is 13.6. The smallest absolute Gasteiger partial charge is 0.223 e. The van der Waals surface area contributed by atoms with Gasteiger partial charge >= 0.3 is 0 Å². The van der Waals surface area contributed by atoms with Crippen LogP contribution >= 0.6 is 0 Å². The van der Waals surface area contributed by atoms with E-state index in [0.717, 1.165) is 63.6 Å². The van der Waals surface area contributed by atoms with E-state index in [0.29, 0.717) is 6.54 Å². The van der Waals surface area contributed by atoms with Crippen molar-refractivity contribution in [1.82, 2.24) is 10.6 Å². The lowest BCUT2D eigenvalue weighted by Gasteiger charge is -2.31. The highest BCUT2D eigenvalue weighted by molar-refractivity contribution is 5.78. The first kappa shape index (κ1) is 16.4. The molecule has 1 aliphatic carbocycles. The summed E-state index contributed by atoms with van der Waals surface area (Å²) >= 11 is 0. The van der Waals surface area contributed by atoms with Crippen molar-refractivity contribution in [3.05, 3.63) is 35.6 Å². The number of benzene rings is 1. The molecule has 0 aromatic heterocycles. The molecule has 1 heterocycles. The molecule has 1 saturated heterocycles. The Morgan fingerprint density at radius 1 is 1.22 bits per heavy atom. The second-order valence-corrected chi connectivity index (χ2v) is 7.09. The molecule has 2 N–H and O–H groups in total. The third-order valence-electron chi connectivity index (χ3n) is 5.55. The van der Waals surface area contributed by atoms with Gasteiger partial charge in [-0.1, -0.05) is 25.0 Å². The van der Waals surface area contributed by atoms with Gasteiger partial charge in [-0.25, -0.2) is 4.39 Å². The van der Waals surface area contributed by atoms with E-state index in [-0.39, 0.29) is 23.1 Å². The van der Waals surface area contributed by atoms with Crippen molar-refractivity contribution < 1.29 is 9.18 Å². The van der Waals surface area contributed by atoms with Crippen LogP contribution in [0.3, 0.4) is 0 Å². The second-order valence-electron chi connectivity index (χ2n) is 7.09. The quantitative estimate of drug-likeness (QED) is 0.895. The molecule has 1 aliphatic heterocycles. The predicted molar refractivity (Wildman–Crippen MR) is 89.8 cm³/mol. The van der Waals surface area contributed by atoms with Crippen LogP contribution in [0.5, 0.6) is 0 Å². The predicted octanol–water partition coefficient (Wildman–Crippen LogP) is 3.14. The van der Waals surface area contributed by atoms with Crippen LogP contribution in [0.25, 0.3) is 0 Å². The van der Waals surface area contributed by atoms with E-state index in [1.807, 2.05) is 6.07 Å². The fourth-order valence-electron chi connectivity index (χ4n) is 4.12. The maximum absolute atomic E-state index is 13.6. The molecule has 1 aromatic carbocycles. The molecule has 2 aliphatic rings. The standard InChI is InChI=1S/C19H27FN2O/c20-17-7-3-6-16(13-17)19(9-1-2-10-19)14-22-18(23)15-5-4-11-21-12-8-15/h3,6-7,13,15,21H,1-2,4-5,8-12,14H2,(H,22,23)/t15-/m1/s1. The number of carbonyl (C=O) groups excluding carboxylic acids is 1. The molecular formula is C19H27FN2O. The summed E-state index contributed by atoms with van der Waals surface area (Å²) in [6, 6.07) is 6.93. The van der Waals surface area contributed by atoms with Crippen molar-refractivity contribution in [2.24, 2.45) is 5.92 Å². The van der Waals surface area contributed by atoms with Crippen molar-refractivity contribution in [1.29, 1.82) is 0 Å². The zero-order valence-corrected chi connectivity index (χ0v) is 13.7. The van der Waals surface area contributed by atoms with Gasteiger partial charge in [0.25, 0.3) is 0 Å². The van der Waals surface area contributed by atoms with E-state index in [1.165, 1.54) is 6.07 Å². The van der Waals surface area contributed by atoms with Gasteiger partial charge in [-0.3, -0.25) is 4.79 Å². The molecule has 3 rings (SSSR count). The Morgan fingerprint density at radius 3 is 2.83 bits per heavy atom. The summed E-state index contributed by atoms with van der Waals surface area (Å²) in [5, 5.41) is 6.54. The third kappa shape index (κ3) is 3.92. The molecule has 126 valence electrons.